The Labute approximate surface area is 129 Å². The number of phenolic OH excluding ortho intramolecular Hbond substituents is 1. The summed E-state index contributed by atoms with van der Waals surface area (Å²) in [5.74, 6) is 7.27. The molecule has 0 spiro atoms. The number of benzene rings is 1. The summed E-state index contributed by atoms with van der Waals surface area (Å²) in [5.41, 5.74) is 7.73. The summed E-state index contributed by atoms with van der Waals surface area (Å²) in [6.07, 6.45) is 2.11. The average molecular weight is 294 g/mol. The van der Waals surface area contributed by atoms with Gasteiger partial charge in [0.1, 0.15) is 5.75 Å². The van der Waals surface area contributed by atoms with Gasteiger partial charge in [0.15, 0.2) is 5.82 Å². The Morgan fingerprint density at radius 3 is 2.73 bits per heavy atom. The standard InChI is InChI=1S/C17H18N4O/c18-17-13(6-5-12-7-9-19-10-8-12)11-15(20-21-17)14-3-1-2-4-16(14)22/h1-4,11-12,19,22H,7-10H2,(H2,18,21). The van der Waals surface area contributed by atoms with E-state index >= 15 is 0 Å². The quantitative estimate of drug-likeness (QED) is 0.698. The largest absolute Gasteiger partial charge is 0.507 e. The summed E-state index contributed by atoms with van der Waals surface area (Å²) in [5, 5.41) is 21.2. The Bertz CT molecular complexity index is 727. The van der Waals surface area contributed by atoms with Crippen LogP contribution in [-0.4, -0.2) is 28.4 Å². The molecule has 2 heterocycles. The number of phenols is 1. The van der Waals surface area contributed by atoms with Gasteiger partial charge in [-0.25, -0.2) is 0 Å². The van der Waals surface area contributed by atoms with E-state index in [1.54, 1.807) is 24.3 Å². The first kappa shape index (κ1) is 14.4. The fourth-order valence-electron chi connectivity index (χ4n) is 2.47. The molecule has 1 saturated heterocycles. The van der Waals surface area contributed by atoms with Crippen LogP contribution in [-0.2, 0) is 0 Å². The Balaban J connectivity index is 1.90. The highest BCUT2D eigenvalue weighted by molar-refractivity contribution is 5.69. The molecule has 0 radical (unpaired) electrons. The fourth-order valence-corrected chi connectivity index (χ4v) is 2.47. The van der Waals surface area contributed by atoms with Gasteiger partial charge in [-0.3, -0.25) is 0 Å². The number of para-hydroxylation sites is 1. The van der Waals surface area contributed by atoms with Crippen molar-refractivity contribution >= 4 is 5.82 Å². The van der Waals surface area contributed by atoms with Crippen LogP contribution in [0.2, 0.25) is 0 Å². The third kappa shape index (κ3) is 3.18. The second-order valence-electron chi connectivity index (χ2n) is 5.34. The van der Waals surface area contributed by atoms with Crippen LogP contribution in [0.4, 0.5) is 5.82 Å². The van der Waals surface area contributed by atoms with E-state index in [1.807, 2.05) is 6.07 Å². The molecule has 2 aromatic rings. The van der Waals surface area contributed by atoms with Crippen LogP contribution in [0, 0.1) is 17.8 Å². The molecule has 1 aliphatic rings. The van der Waals surface area contributed by atoms with Crippen molar-refractivity contribution in [2.45, 2.75) is 12.8 Å². The van der Waals surface area contributed by atoms with Gasteiger partial charge in [0, 0.05) is 11.5 Å². The minimum Gasteiger partial charge on any atom is -0.507 e. The first-order valence-corrected chi connectivity index (χ1v) is 7.38. The highest BCUT2D eigenvalue weighted by Crippen LogP contribution is 2.27. The van der Waals surface area contributed by atoms with Crippen LogP contribution in [0.15, 0.2) is 30.3 Å². The molecule has 0 aliphatic carbocycles. The molecule has 3 rings (SSSR count). The molecule has 0 atom stereocenters. The van der Waals surface area contributed by atoms with Gasteiger partial charge >= 0.3 is 0 Å². The topological polar surface area (TPSA) is 84.1 Å². The van der Waals surface area contributed by atoms with Crippen molar-refractivity contribution in [2.75, 3.05) is 18.8 Å². The van der Waals surface area contributed by atoms with Gasteiger partial charge in [0.25, 0.3) is 0 Å². The van der Waals surface area contributed by atoms with Crippen LogP contribution in [0.25, 0.3) is 11.3 Å². The molecule has 1 aromatic carbocycles. The van der Waals surface area contributed by atoms with Gasteiger partial charge in [0.05, 0.1) is 11.3 Å². The number of nitrogen functional groups attached to an aromatic ring is 1. The van der Waals surface area contributed by atoms with Crippen LogP contribution < -0.4 is 11.1 Å². The van der Waals surface area contributed by atoms with Gasteiger partial charge in [-0.15, -0.1) is 10.2 Å². The number of hydrogen-bond acceptors (Lipinski definition) is 5. The van der Waals surface area contributed by atoms with Crippen molar-refractivity contribution in [2.24, 2.45) is 5.92 Å². The lowest BCUT2D eigenvalue weighted by Crippen LogP contribution is -2.26. The normalized spacial score (nSPS) is 15.1. The number of aromatic nitrogens is 2. The van der Waals surface area contributed by atoms with E-state index in [1.165, 1.54) is 0 Å². The zero-order valence-electron chi connectivity index (χ0n) is 12.2. The van der Waals surface area contributed by atoms with Crippen molar-refractivity contribution in [3.8, 4) is 28.8 Å². The smallest absolute Gasteiger partial charge is 0.161 e. The number of anilines is 1. The Morgan fingerprint density at radius 2 is 1.95 bits per heavy atom. The Morgan fingerprint density at radius 1 is 1.18 bits per heavy atom. The van der Waals surface area contributed by atoms with E-state index in [-0.39, 0.29) is 5.75 Å². The van der Waals surface area contributed by atoms with E-state index in [0.717, 1.165) is 25.9 Å². The number of nitrogens with two attached hydrogens (primary N) is 1. The van der Waals surface area contributed by atoms with Gasteiger partial charge < -0.3 is 16.2 Å². The lowest BCUT2D eigenvalue weighted by molar-refractivity contribution is 0.447. The molecule has 0 unspecified atom stereocenters. The predicted octanol–water partition coefficient (Wildman–Crippen LogP) is 1.78. The Kier molecular flexibility index (Phi) is 4.22. The number of rotatable bonds is 1. The van der Waals surface area contributed by atoms with Crippen molar-refractivity contribution in [1.82, 2.24) is 15.5 Å². The maximum atomic E-state index is 9.92. The summed E-state index contributed by atoms with van der Waals surface area (Å²) in [6.45, 7) is 2.01. The Hall–Kier alpha value is -2.58. The molecule has 5 nitrogen and oxygen atoms in total. The van der Waals surface area contributed by atoms with Gasteiger partial charge in [-0.05, 0) is 44.1 Å². The summed E-state index contributed by atoms with van der Waals surface area (Å²) >= 11 is 0. The first-order valence-electron chi connectivity index (χ1n) is 7.38. The summed E-state index contributed by atoms with van der Waals surface area (Å²) in [6, 6.07) is 8.80. The number of aromatic hydroxyl groups is 1. The zero-order valence-corrected chi connectivity index (χ0v) is 12.2. The van der Waals surface area contributed by atoms with E-state index in [2.05, 4.69) is 27.4 Å². The molecule has 1 aromatic heterocycles. The second kappa shape index (κ2) is 6.46. The predicted molar refractivity (Wildman–Crippen MR) is 86.0 cm³/mol. The molecule has 5 heteroatoms. The monoisotopic (exact) mass is 294 g/mol. The molecule has 22 heavy (non-hydrogen) atoms. The third-order valence-corrected chi connectivity index (χ3v) is 3.75. The van der Waals surface area contributed by atoms with Crippen LogP contribution in [0.5, 0.6) is 5.75 Å². The molecule has 0 amide bonds. The molecular formula is C17H18N4O. The van der Waals surface area contributed by atoms with Crippen LogP contribution >= 0.6 is 0 Å². The van der Waals surface area contributed by atoms with Gasteiger partial charge in [0.2, 0.25) is 0 Å². The molecule has 0 saturated carbocycles. The van der Waals surface area contributed by atoms with Gasteiger partial charge in [-0.1, -0.05) is 24.0 Å². The molecule has 1 aliphatic heterocycles. The van der Waals surface area contributed by atoms with Crippen LogP contribution in [0.3, 0.4) is 0 Å². The lowest BCUT2D eigenvalue weighted by Gasteiger charge is -2.17. The van der Waals surface area contributed by atoms with Gasteiger partial charge in [-0.2, -0.15) is 0 Å². The van der Waals surface area contributed by atoms with Crippen molar-refractivity contribution in [3.63, 3.8) is 0 Å². The number of nitrogens with zero attached hydrogens (tertiary/aromatic N) is 2. The molecular weight excluding hydrogens is 276 g/mol. The van der Waals surface area contributed by atoms with Crippen molar-refractivity contribution < 1.29 is 5.11 Å². The molecule has 0 bridgehead atoms. The molecule has 1 fully saturated rings. The van der Waals surface area contributed by atoms with E-state index < -0.39 is 0 Å². The van der Waals surface area contributed by atoms with E-state index in [4.69, 9.17) is 5.73 Å². The second-order valence-corrected chi connectivity index (χ2v) is 5.34. The lowest BCUT2D eigenvalue weighted by atomic mass is 9.98. The molecule has 4 N–H and O–H groups in total. The highest BCUT2D eigenvalue weighted by Gasteiger charge is 2.11. The maximum absolute atomic E-state index is 9.92. The maximum Gasteiger partial charge on any atom is 0.161 e. The summed E-state index contributed by atoms with van der Waals surface area (Å²) in [4.78, 5) is 0. The third-order valence-electron chi connectivity index (χ3n) is 3.75. The minimum atomic E-state index is 0.166. The fraction of sp³-hybridized carbons (Fsp3) is 0.294. The number of nitrogens with one attached hydrogen (secondary N) is 1. The highest BCUT2D eigenvalue weighted by atomic mass is 16.3. The SMILES string of the molecule is Nc1nnc(-c2ccccc2O)cc1C#CC1CCNCC1. The van der Waals surface area contributed by atoms with E-state index in [9.17, 15) is 5.11 Å². The number of hydrogen-bond donors (Lipinski definition) is 3. The van der Waals surface area contributed by atoms with Crippen LogP contribution in [0.1, 0.15) is 18.4 Å². The first-order chi connectivity index (χ1) is 10.7. The summed E-state index contributed by atoms with van der Waals surface area (Å²) < 4.78 is 0. The average Bonchev–Trinajstić information content (AvgIpc) is 2.56. The zero-order chi connectivity index (χ0) is 15.4. The molecule has 112 valence electrons. The minimum absolute atomic E-state index is 0.166. The van der Waals surface area contributed by atoms with E-state index in [0.29, 0.717) is 28.6 Å². The summed E-state index contributed by atoms with van der Waals surface area (Å²) in [7, 11) is 0. The number of piperidine rings is 1. The van der Waals surface area contributed by atoms with Crippen molar-refractivity contribution in [3.05, 3.63) is 35.9 Å². The van der Waals surface area contributed by atoms with Crippen molar-refractivity contribution in [1.29, 1.82) is 0 Å².